The lowest BCUT2D eigenvalue weighted by Crippen LogP contribution is -2.39. The lowest BCUT2D eigenvalue weighted by molar-refractivity contribution is -0.121. The smallest absolute Gasteiger partial charge is 0.254 e. The normalized spacial score (nSPS) is 13.9. The number of carbonyl (C=O) groups is 2. The summed E-state index contributed by atoms with van der Waals surface area (Å²) in [5.41, 5.74) is 7.65. The number of likely N-dealkylation sites (N-methyl/N-ethyl adjacent to an activating group) is 1. The van der Waals surface area contributed by atoms with Crippen LogP contribution < -0.4 is 11.1 Å². The van der Waals surface area contributed by atoms with Gasteiger partial charge in [-0.3, -0.25) is 9.59 Å². The van der Waals surface area contributed by atoms with Crippen LogP contribution >= 0.6 is 15.9 Å². The summed E-state index contributed by atoms with van der Waals surface area (Å²) in [6.45, 7) is 1.86. The fourth-order valence-corrected chi connectivity index (χ4v) is 2.39. The van der Waals surface area contributed by atoms with Crippen molar-refractivity contribution in [1.82, 2.24) is 10.2 Å². The van der Waals surface area contributed by atoms with Crippen LogP contribution in [0.15, 0.2) is 16.6 Å². The van der Waals surface area contributed by atoms with Gasteiger partial charge in [0.2, 0.25) is 5.91 Å². The predicted octanol–water partition coefficient (Wildman–Crippen LogP) is 1.69. The molecule has 0 unspecified atom stereocenters. The SMILES string of the molecule is Cc1c(N)cc(Br)cc1C(=O)N(C)CC(=O)NC1CC1. The first kappa shape index (κ1) is 14.8. The summed E-state index contributed by atoms with van der Waals surface area (Å²) < 4.78 is 0.750. The fourth-order valence-electron chi connectivity index (χ4n) is 1.92. The maximum absolute atomic E-state index is 12.4. The molecule has 1 aromatic rings. The largest absolute Gasteiger partial charge is 0.398 e. The van der Waals surface area contributed by atoms with Gasteiger partial charge >= 0.3 is 0 Å². The van der Waals surface area contributed by atoms with E-state index in [-0.39, 0.29) is 18.4 Å². The first-order valence-electron chi connectivity index (χ1n) is 6.49. The molecule has 0 bridgehead atoms. The van der Waals surface area contributed by atoms with Crippen LogP contribution in [-0.4, -0.2) is 36.3 Å². The van der Waals surface area contributed by atoms with Gasteiger partial charge in [-0.2, -0.15) is 0 Å². The topological polar surface area (TPSA) is 75.4 Å². The van der Waals surface area contributed by atoms with Gasteiger partial charge in [0.1, 0.15) is 0 Å². The molecule has 2 amide bonds. The molecule has 0 heterocycles. The molecule has 0 spiro atoms. The van der Waals surface area contributed by atoms with Gasteiger partial charge in [0.25, 0.3) is 5.91 Å². The average Bonchev–Trinajstić information content (AvgIpc) is 3.16. The van der Waals surface area contributed by atoms with Crippen LogP contribution in [0, 0.1) is 6.92 Å². The summed E-state index contributed by atoms with van der Waals surface area (Å²) in [5, 5.41) is 2.86. The summed E-state index contributed by atoms with van der Waals surface area (Å²) >= 11 is 3.33. The van der Waals surface area contributed by atoms with E-state index in [2.05, 4.69) is 21.2 Å². The quantitative estimate of drug-likeness (QED) is 0.819. The van der Waals surface area contributed by atoms with E-state index < -0.39 is 0 Å². The monoisotopic (exact) mass is 339 g/mol. The van der Waals surface area contributed by atoms with Crippen LogP contribution in [0.5, 0.6) is 0 Å². The van der Waals surface area contributed by atoms with Crippen molar-refractivity contribution >= 4 is 33.4 Å². The van der Waals surface area contributed by atoms with Crippen LogP contribution in [0.3, 0.4) is 0 Å². The Kier molecular flexibility index (Phi) is 4.32. The van der Waals surface area contributed by atoms with Crippen molar-refractivity contribution in [3.63, 3.8) is 0 Å². The van der Waals surface area contributed by atoms with Gasteiger partial charge in [-0.05, 0) is 37.5 Å². The third kappa shape index (κ3) is 3.50. The molecule has 1 aromatic carbocycles. The van der Waals surface area contributed by atoms with E-state index in [1.807, 2.05) is 0 Å². The van der Waals surface area contributed by atoms with E-state index in [1.165, 1.54) is 4.90 Å². The minimum Gasteiger partial charge on any atom is -0.398 e. The standard InChI is InChI=1S/C14H18BrN3O2/c1-8-11(5-9(15)6-12(8)16)14(20)18(2)7-13(19)17-10-3-4-10/h5-6,10H,3-4,7,16H2,1-2H3,(H,17,19). The molecule has 3 N–H and O–H groups in total. The Morgan fingerprint density at radius 2 is 2.10 bits per heavy atom. The number of nitrogens with zero attached hydrogens (tertiary/aromatic N) is 1. The molecule has 0 aromatic heterocycles. The van der Waals surface area contributed by atoms with Crippen LogP contribution in [0.4, 0.5) is 5.69 Å². The van der Waals surface area contributed by atoms with Crippen molar-refractivity contribution in [3.05, 3.63) is 27.7 Å². The van der Waals surface area contributed by atoms with Crippen LogP contribution in [-0.2, 0) is 4.79 Å². The highest BCUT2D eigenvalue weighted by Gasteiger charge is 2.25. The number of amides is 2. The molecule has 1 fully saturated rings. The number of benzene rings is 1. The van der Waals surface area contributed by atoms with E-state index in [1.54, 1.807) is 26.1 Å². The maximum atomic E-state index is 12.4. The Hall–Kier alpha value is -1.56. The Balaban J connectivity index is 2.07. The van der Waals surface area contributed by atoms with Crippen molar-refractivity contribution in [1.29, 1.82) is 0 Å². The number of hydrogen-bond acceptors (Lipinski definition) is 3. The number of halogens is 1. The van der Waals surface area contributed by atoms with Gasteiger partial charge in [0, 0.05) is 28.8 Å². The molecular formula is C14H18BrN3O2. The second-order valence-corrected chi connectivity index (χ2v) is 6.09. The molecule has 1 saturated carbocycles. The minimum absolute atomic E-state index is 0.0567. The fraction of sp³-hybridized carbons (Fsp3) is 0.429. The van der Waals surface area contributed by atoms with Crippen molar-refractivity contribution in [2.45, 2.75) is 25.8 Å². The van der Waals surface area contributed by atoms with Crippen molar-refractivity contribution < 1.29 is 9.59 Å². The number of anilines is 1. The molecule has 5 nitrogen and oxygen atoms in total. The van der Waals surface area contributed by atoms with Crippen LogP contribution in [0.1, 0.15) is 28.8 Å². The number of nitrogens with one attached hydrogen (secondary N) is 1. The third-order valence-electron chi connectivity index (χ3n) is 3.31. The molecule has 108 valence electrons. The molecular weight excluding hydrogens is 322 g/mol. The van der Waals surface area contributed by atoms with Gasteiger partial charge in [-0.25, -0.2) is 0 Å². The molecule has 0 radical (unpaired) electrons. The first-order chi connectivity index (χ1) is 9.38. The molecule has 0 saturated heterocycles. The molecule has 20 heavy (non-hydrogen) atoms. The molecule has 0 aliphatic heterocycles. The molecule has 0 atom stereocenters. The Bertz CT molecular complexity index is 556. The summed E-state index contributed by atoms with van der Waals surface area (Å²) in [7, 11) is 1.62. The summed E-state index contributed by atoms with van der Waals surface area (Å²) in [4.78, 5) is 25.5. The van der Waals surface area contributed by atoms with E-state index in [0.717, 1.165) is 22.9 Å². The van der Waals surface area contributed by atoms with E-state index in [0.29, 0.717) is 17.3 Å². The van der Waals surface area contributed by atoms with Gasteiger partial charge in [-0.15, -0.1) is 0 Å². The minimum atomic E-state index is -0.207. The zero-order chi connectivity index (χ0) is 14.9. The zero-order valence-corrected chi connectivity index (χ0v) is 13.2. The van der Waals surface area contributed by atoms with Crippen molar-refractivity contribution in [2.75, 3.05) is 19.3 Å². The second-order valence-electron chi connectivity index (χ2n) is 5.17. The van der Waals surface area contributed by atoms with Crippen LogP contribution in [0.2, 0.25) is 0 Å². The van der Waals surface area contributed by atoms with Gasteiger partial charge in [-0.1, -0.05) is 15.9 Å². The van der Waals surface area contributed by atoms with E-state index in [9.17, 15) is 9.59 Å². The molecule has 2 rings (SSSR count). The number of nitrogen functional groups attached to an aromatic ring is 1. The van der Waals surface area contributed by atoms with E-state index in [4.69, 9.17) is 5.73 Å². The zero-order valence-electron chi connectivity index (χ0n) is 11.6. The van der Waals surface area contributed by atoms with E-state index >= 15 is 0 Å². The lowest BCUT2D eigenvalue weighted by atomic mass is 10.1. The number of carbonyl (C=O) groups excluding carboxylic acids is 2. The lowest BCUT2D eigenvalue weighted by Gasteiger charge is -2.19. The number of hydrogen-bond donors (Lipinski definition) is 2. The highest BCUT2D eigenvalue weighted by atomic mass is 79.9. The molecule has 1 aliphatic carbocycles. The second kappa shape index (κ2) is 5.83. The Morgan fingerprint density at radius 1 is 1.45 bits per heavy atom. The Morgan fingerprint density at radius 3 is 2.70 bits per heavy atom. The third-order valence-corrected chi connectivity index (χ3v) is 3.77. The first-order valence-corrected chi connectivity index (χ1v) is 7.28. The summed E-state index contributed by atoms with van der Waals surface area (Å²) in [6.07, 6.45) is 2.06. The molecule has 6 heteroatoms. The van der Waals surface area contributed by atoms with Crippen molar-refractivity contribution in [3.8, 4) is 0 Å². The van der Waals surface area contributed by atoms with Gasteiger partial charge in [0.05, 0.1) is 6.54 Å². The van der Waals surface area contributed by atoms with Crippen molar-refractivity contribution in [2.24, 2.45) is 0 Å². The summed E-state index contributed by atoms with van der Waals surface area (Å²) in [5.74, 6) is -0.328. The number of nitrogens with two attached hydrogens (primary N) is 1. The van der Waals surface area contributed by atoms with Crippen LogP contribution in [0.25, 0.3) is 0 Å². The average molecular weight is 340 g/mol. The number of rotatable bonds is 4. The molecule has 1 aliphatic rings. The Labute approximate surface area is 126 Å². The highest BCUT2D eigenvalue weighted by molar-refractivity contribution is 9.10. The summed E-state index contributed by atoms with van der Waals surface area (Å²) in [6, 6.07) is 3.78. The van der Waals surface area contributed by atoms with Gasteiger partial charge in [0.15, 0.2) is 0 Å². The maximum Gasteiger partial charge on any atom is 0.254 e. The highest BCUT2D eigenvalue weighted by Crippen LogP contribution is 2.23. The van der Waals surface area contributed by atoms with Gasteiger partial charge < -0.3 is 16.0 Å². The predicted molar refractivity (Wildman–Crippen MR) is 81.4 cm³/mol.